The summed E-state index contributed by atoms with van der Waals surface area (Å²) >= 11 is -1.01. The molecule has 0 saturated carbocycles. The van der Waals surface area contributed by atoms with Crippen LogP contribution in [-0.2, 0) is 0 Å². The second kappa shape index (κ2) is 4.07. The lowest BCUT2D eigenvalue weighted by atomic mass is 10.6. The molecule has 0 saturated heterocycles. The van der Waals surface area contributed by atoms with Gasteiger partial charge in [0.2, 0.25) is 5.84 Å². The minimum absolute atomic E-state index is 0.743. The second-order valence-corrected chi connectivity index (χ2v) is 2.59. The number of alkyl halides is 6. The topological polar surface area (TPSA) is 24.4 Å². The van der Waals surface area contributed by atoms with Crippen LogP contribution in [0.25, 0.3) is 0 Å². The van der Waals surface area contributed by atoms with Crippen molar-refractivity contribution in [2.45, 2.75) is 11.7 Å². The minimum Gasteiger partial charge on any atom is -0.303 e. The molecule has 0 fully saturated rings. The van der Waals surface area contributed by atoms with Gasteiger partial charge in [-0.05, 0) is 0 Å². The van der Waals surface area contributed by atoms with E-state index in [0.29, 0.717) is 0 Å². The minimum atomic E-state index is -4.90. The summed E-state index contributed by atoms with van der Waals surface area (Å²) in [4.78, 5) is 2.62. The van der Waals surface area contributed by atoms with Gasteiger partial charge in [-0.15, -0.1) is 0 Å². The number of halogens is 6. The van der Waals surface area contributed by atoms with Gasteiger partial charge in [-0.1, -0.05) is 0 Å². The van der Waals surface area contributed by atoms with Crippen LogP contribution in [0.5, 0.6) is 0 Å². The van der Waals surface area contributed by atoms with E-state index in [1.165, 1.54) is 0 Å². The van der Waals surface area contributed by atoms with Gasteiger partial charge in [-0.3, -0.25) is 4.99 Å². The number of hydrogen-bond donors (Lipinski definition) is 1. The molecular formula is C4H4F6N2S. The summed E-state index contributed by atoms with van der Waals surface area (Å²) in [6.07, 6.45) is -4.90. The van der Waals surface area contributed by atoms with Gasteiger partial charge in [0.25, 0.3) is 0 Å². The van der Waals surface area contributed by atoms with Crippen LogP contribution in [-0.4, -0.2) is 24.6 Å². The number of nitrogens with one attached hydrogen (secondary N) is 1. The van der Waals surface area contributed by atoms with Crippen LogP contribution in [0.3, 0.4) is 0 Å². The average Bonchev–Trinajstić information content (AvgIpc) is 1.82. The number of rotatable bonds is 1. The highest BCUT2D eigenvalue weighted by atomic mass is 32.2. The highest BCUT2D eigenvalue weighted by molar-refractivity contribution is 7.98. The van der Waals surface area contributed by atoms with Crippen LogP contribution in [0.2, 0.25) is 0 Å². The SMILES string of the molecule is CN=C(NSC(F)(F)F)C(F)(F)F. The van der Waals surface area contributed by atoms with Crippen LogP contribution in [0.1, 0.15) is 0 Å². The van der Waals surface area contributed by atoms with E-state index < -0.39 is 29.5 Å². The van der Waals surface area contributed by atoms with Crippen LogP contribution in [0, 0.1) is 0 Å². The van der Waals surface area contributed by atoms with Crippen molar-refractivity contribution in [3.63, 3.8) is 0 Å². The normalized spacial score (nSPS) is 14.5. The molecule has 13 heavy (non-hydrogen) atoms. The zero-order chi connectivity index (χ0) is 10.7. The molecular weight excluding hydrogens is 222 g/mol. The van der Waals surface area contributed by atoms with Crippen molar-refractivity contribution in [2.75, 3.05) is 7.05 Å². The van der Waals surface area contributed by atoms with Crippen molar-refractivity contribution in [3.8, 4) is 0 Å². The molecule has 2 nitrogen and oxygen atoms in total. The molecule has 0 aromatic heterocycles. The zero-order valence-corrected chi connectivity index (χ0v) is 6.94. The Morgan fingerprint density at radius 2 is 1.62 bits per heavy atom. The third-order valence-corrected chi connectivity index (χ3v) is 1.28. The van der Waals surface area contributed by atoms with Gasteiger partial charge in [-0.2, -0.15) is 26.3 Å². The maximum Gasteiger partial charge on any atom is 0.461 e. The molecule has 0 aromatic rings. The second-order valence-electron chi connectivity index (χ2n) is 1.72. The molecule has 0 aromatic carbocycles. The Morgan fingerprint density at radius 3 is 1.85 bits per heavy atom. The summed E-state index contributed by atoms with van der Waals surface area (Å²) in [5.74, 6) is -1.67. The van der Waals surface area contributed by atoms with Gasteiger partial charge >= 0.3 is 11.7 Å². The van der Waals surface area contributed by atoms with E-state index in [9.17, 15) is 26.3 Å². The lowest BCUT2D eigenvalue weighted by Gasteiger charge is -2.12. The van der Waals surface area contributed by atoms with Crippen molar-refractivity contribution < 1.29 is 26.3 Å². The third-order valence-electron chi connectivity index (χ3n) is 0.756. The largest absolute Gasteiger partial charge is 0.461 e. The van der Waals surface area contributed by atoms with E-state index in [2.05, 4.69) is 4.99 Å². The quantitative estimate of drug-likeness (QED) is 0.321. The zero-order valence-electron chi connectivity index (χ0n) is 6.12. The highest BCUT2D eigenvalue weighted by Crippen LogP contribution is 2.28. The number of amidine groups is 1. The lowest BCUT2D eigenvalue weighted by molar-refractivity contribution is -0.0610. The maximum absolute atomic E-state index is 11.7. The van der Waals surface area contributed by atoms with E-state index in [0.717, 1.165) is 11.8 Å². The van der Waals surface area contributed by atoms with Crippen LogP contribution < -0.4 is 4.72 Å². The van der Waals surface area contributed by atoms with E-state index in [4.69, 9.17) is 0 Å². The van der Waals surface area contributed by atoms with Gasteiger partial charge in [0.05, 0.1) is 11.9 Å². The first-order chi connectivity index (χ1) is 5.67. The van der Waals surface area contributed by atoms with Crippen LogP contribution in [0.4, 0.5) is 26.3 Å². The summed E-state index contributed by atoms with van der Waals surface area (Å²) in [6, 6.07) is 0. The van der Waals surface area contributed by atoms with E-state index in [1.54, 1.807) is 0 Å². The third kappa shape index (κ3) is 5.61. The van der Waals surface area contributed by atoms with Crippen LogP contribution in [0.15, 0.2) is 4.99 Å². The van der Waals surface area contributed by atoms with Gasteiger partial charge in [0.15, 0.2) is 0 Å². The number of aliphatic imine (C=N–C) groups is 1. The molecule has 0 aliphatic rings. The summed E-state index contributed by atoms with van der Waals surface area (Å²) in [5, 5.41) is 0. The Hall–Kier alpha value is -0.600. The molecule has 78 valence electrons. The van der Waals surface area contributed by atoms with Crippen molar-refractivity contribution in [1.29, 1.82) is 0 Å². The molecule has 0 unspecified atom stereocenters. The van der Waals surface area contributed by atoms with E-state index >= 15 is 0 Å². The molecule has 0 heterocycles. The highest BCUT2D eigenvalue weighted by Gasteiger charge is 2.39. The lowest BCUT2D eigenvalue weighted by Crippen LogP contribution is -2.34. The van der Waals surface area contributed by atoms with Crippen molar-refractivity contribution in [2.24, 2.45) is 4.99 Å². The summed E-state index contributed by atoms with van der Waals surface area (Å²) in [5.41, 5.74) is -4.78. The first-order valence-corrected chi connectivity index (χ1v) is 3.53. The first kappa shape index (κ1) is 12.4. The Labute approximate surface area is 73.5 Å². The number of nitrogens with zero attached hydrogens (tertiary/aromatic N) is 1. The molecule has 9 heteroatoms. The predicted molar refractivity (Wildman–Crippen MR) is 36.2 cm³/mol. The molecule has 0 amide bonds. The van der Waals surface area contributed by atoms with Crippen molar-refractivity contribution >= 4 is 17.8 Å². The van der Waals surface area contributed by atoms with Gasteiger partial charge in [0, 0.05) is 7.05 Å². The molecule has 0 aliphatic carbocycles. The average molecular weight is 226 g/mol. The van der Waals surface area contributed by atoms with Crippen molar-refractivity contribution in [3.05, 3.63) is 0 Å². The summed E-state index contributed by atoms with van der Waals surface area (Å²) in [6.45, 7) is 0. The fourth-order valence-corrected chi connectivity index (χ4v) is 0.756. The van der Waals surface area contributed by atoms with Gasteiger partial charge in [-0.25, -0.2) is 0 Å². The first-order valence-electron chi connectivity index (χ1n) is 2.71. The molecule has 0 bridgehead atoms. The monoisotopic (exact) mass is 226 g/mol. The standard InChI is InChI=1S/C4H4F6N2S/c1-11-2(3(5,6)7)12-13-4(8,9)10/h1H3,(H,11,12). The smallest absolute Gasteiger partial charge is 0.303 e. The maximum atomic E-state index is 11.7. The number of hydrogen-bond acceptors (Lipinski definition) is 2. The molecule has 0 aliphatic heterocycles. The molecule has 1 N–H and O–H groups in total. The van der Waals surface area contributed by atoms with E-state index in [-0.39, 0.29) is 0 Å². The van der Waals surface area contributed by atoms with E-state index in [1.807, 2.05) is 0 Å². The van der Waals surface area contributed by atoms with Crippen molar-refractivity contribution in [1.82, 2.24) is 4.72 Å². The Bertz CT molecular complexity index is 194. The van der Waals surface area contributed by atoms with Crippen LogP contribution >= 0.6 is 11.9 Å². The Kier molecular flexibility index (Phi) is 3.88. The Balaban J connectivity index is 4.20. The fraction of sp³-hybridized carbons (Fsp3) is 0.750. The molecule has 0 spiro atoms. The Morgan fingerprint density at radius 1 is 1.15 bits per heavy atom. The fourth-order valence-electron chi connectivity index (χ4n) is 0.336. The summed E-state index contributed by atoms with van der Waals surface area (Å²) in [7, 11) is 0.743. The molecule has 0 rings (SSSR count). The van der Waals surface area contributed by atoms with Gasteiger partial charge < -0.3 is 4.72 Å². The summed E-state index contributed by atoms with van der Waals surface area (Å²) < 4.78 is 70.5. The predicted octanol–water partition coefficient (Wildman–Crippen LogP) is 2.33. The molecule has 0 radical (unpaired) electrons. The van der Waals surface area contributed by atoms with Gasteiger partial charge in [0.1, 0.15) is 0 Å². The molecule has 0 atom stereocenters.